The summed E-state index contributed by atoms with van der Waals surface area (Å²) in [6.07, 6.45) is -0.226. The molecule has 0 radical (unpaired) electrons. The molecule has 1 N–H and O–H groups in total. The number of aryl methyl sites for hydroxylation is 2. The third-order valence-electron chi connectivity index (χ3n) is 4.09. The smallest absolute Gasteiger partial charge is 0.348 e. The Morgan fingerprint density at radius 3 is 2.81 bits per heavy atom. The lowest BCUT2D eigenvalue weighted by Crippen LogP contribution is -2.37. The van der Waals surface area contributed by atoms with E-state index in [0.717, 1.165) is 25.7 Å². The SMILES string of the molecule is CCc1ccc2c(c1)C(CCNC(=O)C(F)(F)F)CCC2. The molecular formula is C16H20F3NO. The van der Waals surface area contributed by atoms with Gasteiger partial charge in [-0.1, -0.05) is 25.1 Å². The van der Waals surface area contributed by atoms with E-state index in [9.17, 15) is 18.0 Å². The third-order valence-corrected chi connectivity index (χ3v) is 4.09. The fourth-order valence-electron chi connectivity index (χ4n) is 2.93. The Morgan fingerprint density at radius 2 is 2.14 bits per heavy atom. The van der Waals surface area contributed by atoms with E-state index in [1.54, 1.807) is 0 Å². The average molecular weight is 299 g/mol. The van der Waals surface area contributed by atoms with E-state index >= 15 is 0 Å². The number of fused-ring (bicyclic) bond motifs is 1. The first-order valence-corrected chi connectivity index (χ1v) is 7.38. The molecule has 1 aliphatic rings. The zero-order valence-electron chi connectivity index (χ0n) is 12.1. The van der Waals surface area contributed by atoms with Crippen molar-refractivity contribution in [1.82, 2.24) is 5.32 Å². The standard InChI is InChI=1S/C16H20F3NO/c1-2-11-6-7-12-4-3-5-13(14(12)10-11)8-9-20-15(21)16(17,18)19/h6-7,10,13H,2-5,8-9H2,1H3,(H,20,21). The summed E-state index contributed by atoms with van der Waals surface area (Å²) >= 11 is 0. The van der Waals surface area contributed by atoms with Crippen LogP contribution < -0.4 is 5.32 Å². The van der Waals surface area contributed by atoms with Crippen molar-refractivity contribution < 1.29 is 18.0 Å². The van der Waals surface area contributed by atoms with E-state index in [2.05, 4.69) is 25.1 Å². The third kappa shape index (κ3) is 3.99. The van der Waals surface area contributed by atoms with Gasteiger partial charge in [0, 0.05) is 6.54 Å². The number of hydrogen-bond acceptors (Lipinski definition) is 1. The van der Waals surface area contributed by atoms with Crippen LogP contribution in [0.5, 0.6) is 0 Å². The lowest BCUT2D eigenvalue weighted by Gasteiger charge is -2.26. The van der Waals surface area contributed by atoms with E-state index in [4.69, 9.17) is 0 Å². The highest BCUT2D eigenvalue weighted by molar-refractivity contribution is 5.81. The fraction of sp³-hybridized carbons (Fsp3) is 0.562. The lowest BCUT2D eigenvalue weighted by atomic mass is 9.80. The van der Waals surface area contributed by atoms with Gasteiger partial charge in [0.15, 0.2) is 0 Å². The summed E-state index contributed by atoms with van der Waals surface area (Å²) in [5, 5.41) is 1.97. The monoisotopic (exact) mass is 299 g/mol. The van der Waals surface area contributed by atoms with Crippen LogP contribution in [0.2, 0.25) is 0 Å². The average Bonchev–Trinajstić information content (AvgIpc) is 2.45. The van der Waals surface area contributed by atoms with Crippen LogP contribution >= 0.6 is 0 Å². The Hall–Kier alpha value is -1.52. The van der Waals surface area contributed by atoms with E-state index < -0.39 is 12.1 Å². The topological polar surface area (TPSA) is 29.1 Å². The number of benzene rings is 1. The molecule has 1 aromatic carbocycles. The number of hydrogen-bond donors (Lipinski definition) is 1. The summed E-state index contributed by atoms with van der Waals surface area (Å²) in [4.78, 5) is 10.8. The van der Waals surface area contributed by atoms with Crippen LogP contribution in [0.25, 0.3) is 0 Å². The quantitative estimate of drug-likeness (QED) is 0.901. The van der Waals surface area contributed by atoms with Gasteiger partial charge in [-0.25, -0.2) is 0 Å². The molecular weight excluding hydrogens is 279 g/mol. The van der Waals surface area contributed by atoms with E-state index in [1.165, 1.54) is 16.7 Å². The molecule has 0 saturated carbocycles. The molecule has 1 unspecified atom stereocenters. The molecule has 0 aliphatic heterocycles. The number of rotatable bonds is 4. The summed E-state index contributed by atoms with van der Waals surface area (Å²) < 4.78 is 36.4. The number of nitrogens with one attached hydrogen (secondary N) is 1. The van der Waals surface area contributed by atoms with Crippen LogP contribution in [0.1, 0.15) is 48.8 Å². The maximum atomic E-state index is 12.1. The van der Waals surface area contributed by atoms with Crippen molar-refractivity contribution in [2.24, 2.45) is 0 Å². The van der Waals surface area contributed by atoms with Gasteiger partial charge in [0.25, 0.3) is 0 Å². The van der Waals surface area contributed by atoms with Gasteiger partial charge in [-0.15, -0.1) is 0 Å². The molecule has 0 spiro atoms. The Labute approximate surface area is 122 Å². The zero-order chi connectivity index (χ0) is 15.5. The molecule has 116 valence electrons. The molecule has 1 atom stereocenters. The van der Waals surface area contributed by atoms with Gasteiger partial charge in [-0.05, 0) is 54.7 Å². The number of carbonyl (C=O) groups excluding carboxylic acids is 1. The molecule has 0 aromatic heterocycles. The molecule has 21 heavy (non-hydrogen) atoms. The van der Waals surface area contributed by atoms with E-state index in [1.807, 2.05) is 5.32 Å². The van der Waals surface area contributed by atoms with Crippen molar-refractivity contribution in [2.45, 2.75) is 51.1 Å². The Kier molecular flexibility index (Phi) is 4.91. The Morgan fingerprint density at radius 1 is 1.38 bits per heavy atom. The normalized spacial score (nSPS) is 18.2. The summed E-state index contributed by atoms with van der Waals surface area (Å²) in [6.45, 7) is 2.15. The first kappa shape index (κ1) is 15.9. The molecule has 0 bridgehead atoms. The second-order valence-electron chi connectivity index (χ2n) is 5.52. The Balaban J connectivity index is 1.98. The van der Waals surface area contributed by atoms with Gasteiger partial charge in [-0.3, -0.25) is 4.79 Å². The minimum absolute atomic E-state index is 0.0683. The lowest BCUT2D eigenvalue weighted by molar-refractivity contribution is -0.173. The maximum absolute atomic E-state index is 12.1. The summed E-state index contributed by atoms with van der Waals surface area (Å²) in [5.74, 6) is -1.60. The van der Waals surface area contributed by atoms with Crippen LogP contribution in [0.4, 0.5) is 13.2 Å². The molecule has 2 nitrogen and oxygen atoms in total. The second kappa shape index (κ2) is 6.50. The highest BCUT2D eigenvalue weighted by Crippen LogP contribution is 2.34. The fourth-order valence-corrected chi connectivity index (χ4v) is 2.93. The van der Waals surface area contributed by atoms with Gasteiger partial charge >= 0.3 is 12.1 Å². The van der Waals surface area contributed by atoms with Gasteiger partial charge in [0.05, 0.1) is 0 Å². The Bertz CT molecular complexity index is 511. The summed E-state index contributed by atoms with van der Waals surface area (Å²) in [6, 6.07) is 6.42. The number of carbonyl (C=O) groups is 1. The highest BCUT2D eigenvalue weighted by atomic mass is 19.4. The van der Waals surface area contributed by atoms with Crippen molar-refractivity contribution in [2.75, 3.05) is 6.54 Å². The van der Waals surface area contributed by atoms with Gasteiger partial charge in [0.1, 0.15) is 0 Å². The van der Waals surface area contributed by atoms with Crippen LogP contribution in [0, 0.1) is 0 Å². The molecule has 0 saturated heterocycles. The largest absolute Gasteiger partial charge is 0.471 e. The predicted octanol–water partition coefficient (Wildman–Crippen LogP) is 3.74. The van der Waals surface area contributed by atoms with Crippen LogP contribution in [0.15, 0.2) is 18.2 Å². The molecule has 2 rings (SSSR count). The van der Waals surface area contributed by atoms with Crippen molar-refractivity contribution in [3.63, 3.8) is 0 Å². The van der Waals surface area contributed by atoms with Crippen molar-refractivity contribution in [3.8, 4) is 0 Å². The molecule has 1 aromatic rings. The van der Waals surface area contributed by atoms with Crippen LogP contribution in [0.3, 0.4) is 0 Å². The van der Waals surface area contributed by atoms with Crippen molar-refractivity contribution >= 4 is 5.91 Å². The highest BCUT2D eigenvalue weighted by Gasteiger charge is 2.38. The van der Waals surface area contributed by atoms with Gasteiger partial charge in [-0.2, -0.15) is 13.2 Å². The predicted molar refractivity (Wildman–Crippen MR) is 75.2 cm³/mol. The molecule has 0 heterocycles. The van der Waals surface area contributed by atoms with Crippen LogP contribution in [-0.2, 0) is 17.6 Å². The molecule has 1 amide bonds. The maximum Gasteiger partial charge on any atom is 0.471 e. The second-order valence-corrected chi connectivity index (χ2v) is 5.52. The van der Waals surface area contributed by atoms with Gasteiger partial charge in [0.2, 0.25) is 0 Å². The van der Waals surface area contributed by atoms with Crippen molar-refractivity contribution in [3.05, 3.63) is 34.9 Å². The van der Waals surface area contributed by atoms with Crippen LogP contribution in [-0.4, -0.2) is 18.6 Å². The first-order chi connectivity index (χ1) is 9.91. The minimum atomic E-state index is -4.79. The molecule has 1 aliphatic carbocycles. The number of alkyl halides is 3. The minimum Gasteiger partial charge on any atom is -0.348 e. The van der Waals surface area contributed by atoms with E-state index in [0.29, 0.717) is 6.42 Å². The number of amides is 1. The zero-order valence-corrected chi connectivity index (χ0v) is 12.1. The molecule has 0 fully saturated rings. The molecule has 5 heteroatoms. The number of halogens is 3. The van der Waals surface area contributed by atoms with E-state index in [-0.39, 0.29) is 12.5 Å². The summed E-state index contributed by atoms with van der Waals surface area (Å²) in [7, 11) is 0. The first-order valence-electron chi connectivity index (χ1n) is 7.38. The van der Waals surface area contributed by atoms with Crippen molar-refractivity contribution in [1.29, 1.82) is 0 Å². The summed E-state index contributed by atoms with van der Waals surface area (Å²) in [5.41, 5.74) is 3.80. The van der Waals surface area contributed by atoms with Gasteiger partial charge < -0.3 is 5.32 Å².